The predicted octanol–water partition coefficient (Wildman–Crippen LogP) is 1.97. The lowest BCUT2D eigenvalue weighted by atomic mass is 10.0. The summed E-state index contributed by atoms with van der Waals surface area (Å²) in [6.45, 7) is 3.89. The second kappa shape index (κ2) is 3.67. The molecule has 1 unspecified atom stereocenters. The molecular formula is C6H13IO. The van der Waals surface area contributed by atoms with Gasteiger partial charge in [0.05, 0.1) is 5.60 Å². The van der Waals surface area contributed by atoms with E-state index < -0.39 is 5.60 Å². The van der Waals surface area contributed by atoms with Crippen molar-refractivity contribution in [1.82, 2.24) is 0 Å². The maximum atomic E-state index is 9.32. The van der Waals surface area contributed by atoms with Crippen molar-refractivity contribution in [2.75, 3.05) is 4.43 Å². The highest BCUT2D eigenvalue weighted by atomic mass is 127. The lowest BCUT2D eigenvalue weighted by molar-refractivity contribution is 0.0541. The zero-order chi connectivity index (χ0) is 6.62. The van der Waals surface area contributed by atoms with Crippen LogP contribution < -0.4 is 0 Å². The van der Waals surface area contributed by atoms with E-state index in [0.717, 1.165) is 17.3 Å². The normalized spacial score (nSPS) is 18.0. The monoisotopic (exact) mass is 228 g/mol. The zero-order valence-electron chi connectivity index (χ0n) is 5.45. The van der Waals surface area contributed by atoms with Crippen molar-refractivity contribution in [2.24, 2.45) is 0 Å². The second-order valence-corrected chi connectivity index (χ2v) is 3.37. The molecule has 0 aromatic heterocycles. The van der Waals surface area contributed by atoms with Crippen LogP contribution in [0.4, 0.5) is 0 Å². The fourth-order valence-electron chi connectivity index (χ4n) is 0.380. The molecule has 0 saturated heterocycles. The first-order chi connectivity index (χ1) is 3.62. The van der Waals surface area contributed by atoms with Gasteiger partial charge < -0.3 is 5.11 Å². The van der Waals surface area contributed by atoms with Crippen LogP contribution in [0, 0.1) is 0 Å². The zero-order valence-corrected chi connectivity index (χ0v) is 7.60. The van der Waals surface area contributed by atoms with Gasteiger partial charge in [-0.1, -0.05) is 29.5 Å². The molecule has 0 aliphatic heterocycles. The van der Waals surface area contributed by atoms with Crippen molar-refractivity contribution < 1.29 is 5.11 Å². The van der Waals surface area contributed by atoms with Gasteiger partial charge in [-0.05, 0) is 19.8 Å². The van der Waals surface area contributed by atoms with Crippen molar-refractivity contribution in [1.29, 1.82) is 0 Å². The molecule has 0 aromatic rings. The van der Waals surface area contributed by atoms with E-state index >= 15 is 0 Å². The average molecular weight is 228 g/mol. The molecule has 8 heavy (non-hydrogen) atoms. The quantitative estimate of drug-likeness (QED) is 0.578. The fraction of sp³-hybridized carbons (Fsp3) is 1.00. The summed E-state index contributed by atoms with van der Waals surface area (Å²) >= 11 is 2.28. The summed E-state index contributed by atoms with van der Waals surface area (Å²) in [6.07, 6.45) is 1.76. The molecule has 50 valence electrons. The fourth-order valence-corrected chi connectivity index (χ4v) is 1.54. The van der Waals surface area contributed by atoms with E-state index in [1.807, 2.05) is 13.8 Å². The molecule has 0 aliphatic rings. The Kier molecular flexibility index (Phi) is 3.98. The van der Waals surface area contributed by atoms with Crippen LogP contribution in [-0.4, -0.2) is 15.1 Å². The lowest BCUT2D eigenvalue weighted by Crippen LogP contribution is -2.22. The Morgan fingerprint density at radius 2 is 2.12 bits per heavy atom. The minimum Gasteiger partial charge on any atom is -0.390 e. The van der Waals surface area contributed by atoms with Gasteiger partial charge in [-0.25, -0.2) is 0 Å². The van der Waals surface area contributed by atoms with Gasteiger partial charge in [0.2, 0.25) is 0 Å². The Morgan fingerprint density at radius 1 is 1.62 bits per heavy atom. The molecule has 0 fully saturated rings. The number of hydrogen-bond acceptors (Lipinski definition) is 1. The van der Waals surface area contributed by atoms with Crippen LogP contribution in [0.3, 0.4) is 0 Å². The van der Waals surface area contributed by atoms with E-state index in [4.69, 9.17) is 0 Å². The van der Waals surface area contributed by atoms with Gasteiger partial charge in [-0.3, -0.25) is 0 Å². The summed E-state index contributed by atoms with van der Waals surface area (Å²) in [5.41, 5.74) is -0.415. The minimum atomic E-state index is -0.415. The molecule has 1 N–H and O–H groups in total. The van der Waals surface area contributed by atoms with Gasteiger partial charge in [0.1, 0.15) is 0 Å². The summed E-state index contributed by atoms with van der Waals surface area (Å²) in [4.78, 5) is 0. The van der Waals surface area contributed by atoms with Crippen LogP contribution in [0.2, 0.25) is 0 Å². The van der Waals surface area contributed by atoms with Crippen LogP contribution >= 0.6 is 22.6 Å². The molecule has 2 heteroatoms. The number of halogens is 1. The minimum absolute atomic E-state index is 0.415. The largest absolute Gasteiger partial charge is 0.390 e. The van der Waals surface area contributed by atoms with Gasteiger partial charge in [-0.15, -0.1) is 0 Å². The Bertz CT molecular complexity index is 61.5. The van der Waals surface area contributed by atoms with Gasteiger partial charge in [0.25, 0.3) is 0 Å². The van der Waals surface area contributed by atoms with Crippen molar-refractivity contribution in [3.63, 3.8) is 0 Å². The molecule has 0 bridgehead atoms. The summed E-state index contributed by atoms with van der Waals surface area (Å²) in [6, 6.07) is 0. The van der Waals surface area contributed by atoms with Gasteiger partial charge >= 0.3 is 0 Å². The van der Waals surface area contributed by atoms with E-state index in [1.54, 1.807) is 0 Å². The van der Waals surface area contributed by atoms with Crippen molar-refractivity contribution in [3.05, 3.63) is 0 Å². The highest BCUT2D eigenvalue weighted by Gasteiger charge is 2.14. The maximum absolute atomic E-state index is 9.32. The molecular weight excluding hydrogens is 215 g/mol. The maximum Gasteiger partial charge on any atom is 0.0624 e. The molecule has 0 aromatic carbocycles. The molecule has 0 radical (unpaired) electrons. The van der Waals surface area contributed by atoms with E-state index in [2.05, 4.69) is 22.6 Å². The molecule has 1 atom stereocenters. The summed E-state index contributed by atoms with van der Waals surface area (Å²) in [7, 11) is 0. The number of hydrogen-bond donors (Lipinski definition) is 1. The Hall–Kier alpha value is 0.690. The Morgan fingerprint density at radius 3 is 2.25 bits per heavy atom. The highest BCUT2D eigenvalue weighted by Crippen LogP contribution is 2.14. The van der Waals surface area contributed by atoms with Gasteiger partial charge in [0, 0.05) is 4.43 Å². The van der Waals surface area contributed by atoms with Crippen molar-refractivity contribution in [2.45, 2.75) is 32.3 Å². The molecule has 0 heterocycles. The number of aliphatic hydroxyl groups is 1. The Labute approximate surface area is 64.6 Å². The number of alkyl halides is 1. The molecule has 0 rings (SSSR count). The third-order valence-electron chi connectivity index (χ3n) is 1.39. The van der Waals surface area contributed by atoms with Gasteiger partial charge in [-0.2, -0.15) is 0 Å². The standard InChI is InChI=1S/C6H13IO/c1-3-6(2,8)4-5-7/h8H,3-5H2,1-2H3. The van der Waals surface area contributed by atoms with Crippen LogP contribution in [0.5, 0.6) is 0 Å². The van der Waals surface area contributed by atoms with Gasteiger partial charge in [0.15, 0.2) is 0 Å². The van der Waals surface area contributed by atoms with Crippen LogP contribution in [0.15, 0.2) is 0 Å². The highest BCUT2D eigenvalue weighted by molar-refractivity contribution is 14.1. The van der Waals surface area contributed by atoms with Crippen LogP contribution in [0.25, 0.3) is 0 Å². The summed E-state index contributed by atoms with van der Waals surface area (Å²) in [5, 5.41) is 9.32. The first-order valence-electron chi connectivity index (χ1n) is 2.91. The number of rotatable bonds is 3. The smallest absolute Gasteiger partial charge is 0.0624 e. The van der Waals surface area contributed by atoms with E-state index in [1.165, 1.54) is 0 Å². The van der Waals surface area contributed by atoms with Crippen LogP contribution in [-0.2, 0) is 0 Å². The summed E-state index contributed by atoms with van der Waals surface area (Å²) in [5.74, 6) is 0. The topological polar surface area (TPSA) is 20.2 Å². The third kappa shape index (κ3) is 3.66. The summed E-state index contributed by atoms with van der Waals surface area (Å²) < 4.78 is 1.04. The molecule has 0 aliphatic carbocycles. The molecule has 0 saturated carbocycles. The van der Waals surface area contributed by atoms with Crippen molar-refractivity contribution >= 4 is 22.6 Å². The lowest BCUT2D eigenvalue weighted by Gasteiger charge is -2.18. The van der Waals surface area contributed by atoms with Crippen LogP contribution in [0.1, 0.15) is 26.7 Å². The van der Waals surface area contributed by atoms with E-state index in [9.17, 15) is 5.11 Å². The second-order valence-electron chi connectivity index (χ2n) is 2.29. The first kappa shape index (κ1) is 8.69. The van der Waals surface area contributed by atoms with E-state index in [0.29, 0.717) is 0 Å². The Balaban J connectivity index is 3.37. The van der Waals surface area contributed by atoms with Crippen molar-refractivity contribution in [3.8, 4) is 0 Å². The van der Waals surface area contributed by atoms with E-state index in [-0.39, 0.29) is 0 Å². The SMILES string of the molecule is CCC(C)(O)CCI. The average Bonchev–Trinajstić information content (AvgIpc) is 1.67. The predicted molar refractivity (Wildman–Crippen MR) is 44.4 cm³/mol. The molecule has 0 amide bonds. The third-order valence-corrected chi connectivity index (χ3v) is 1.93. The first-order valence-corrected chi connectivity index (χ1v) is 4.43. The molecule has 0 spiro atoms. The molecule has 1 nitrogen and oxygen atoms in total.